The molecule has 0 saturated carbocycles. The average molecular weight is 263 g/mol. The van der Waals surface area contributed by atoms with Crippen molar-refractivity contribution in [2.24, 2.45) is 5.92 Å². The van der Waals surface area contributed by atoms with E-state index in [1.807, 2.05) is 31.2 Å². The molecule has 0 bridgehead atoms. The molecule has 0 saturated heterocycles. The summed E-state index contributed by atoms with van der Waals surface area (Å²) in [7, 11) is 0. The van der Waals surface area contributed by atoms with Crippen LogP contribution < -0.4 is 5.32 Å². The van der Waals surface area contributed by atoms with Gasteiger partial charge < -0.3 is 10.4 Å². The molecule has 0 spiro atoms. The van der Waals surface area contributed by atoms with Gasteiger partial charge in [-0.25, -0.2) is 0 Å². The molecule has 1 rings (SSSR count). The van der Waals surface area contributed by atoms with E-state index in [2.05, 4.69) is 19.2 Å². The zero-order valence-corrected chi connectivity index (χ0v) is 12.4. The number of rotatable bonds is 6. The lowest BCUT2D eigenvalue weighted by Gasteiger charge is -2.25. The third kappa shape index (κ3) is 6.39. The molecule has 0 aliphatic rings. The van der Waals surface area contributed by atoms with Crippen molar-refractivity contribution in [3.8, 4) is 0 Å². The summed E-state index contributed by atoms with van der Waals surface area (Å²) in [6.45, 7) is 8.19. The van der Waals surface area contributed by atoms with Crippen molar-refractivity contribution in [2.45, 2.75) is 46.1 Å². The SMILES string of the molecule is Cc1cccc(CC(=O)NCC(C)(O)CC(C)C)c1. The maximum Gasteiger partial charge on any atom is 0.224 e. The van der Waals surface area contributed by atoms with Gasteiger partial charge >= 0.3 is 0 Å². The molecule has 0 aliphatic heterocycles. The van der Waals surface area contributed by atoms with E-state index in [0.29, 0.717) is 25.3 Å². The lowest BCUT2D eigenvalue weighted by Crippen LogP contribution is -2.42. The highest BCUT2D eigenvalue weighted by Gasteiger charge is 2.22. The predicted octanol–water partition coefficient (Wildman–Crippen LogP) is 2.45. The highest BCUT2D eigenvalue weighted by molar-refractivity contribution is 5.78. The maximum atomic E-state index is 11.8. The number of hydrogen-bond acceptors (Lipinski definition) is 2. The molecular formula is C16H25NO2. The summed E-state index contributed by atoms with van der Waals surface area (Å²) in [5.74, 6) is 0.360. The molecule has 0 radical (unpaired) electrons. The van der Waals surface area contributed by atoms with Gasteiger partial charge in [0.25, 0.3) is 0 Å². The lowest BCUT2D eigenvalue weighted by atomic mass is 9.94. The topological polar surface area (TPSA) is 49.3 Å². The fourth-order valence-electron chi connectivity index (χ4n) is 2.31. The minimum absolute atomic E-state index is 0.0466. The van der Waals surface area contributed by atoms with Gasteiger partial charge in [0, 0.05) is 6.54 Å². The Labute approximate surface area is 116 Å². The Hall–Kier alpha value is -1.35. The molecule has 2 N–H and O–H groups in total. The van der Waals surface area contributed by atoms with Crippen LogP contribution >= 0.6 is 0 Å². The summed E-state index contributed by atoms with van der Waals surface area (Å²) in [4.78, 5) is 11.8. The predicted molar refractivity (Wildman–Crippen MR) is 78.0 cm³/mol. The van der Waals surface area contributed by atoms with Crippen LogP contribution in [-0.2, 0) is 11.2 Å². The van der Waals surface area contributed by atoms with Crippen LogP contribution in [0.15, 0.2) is 24.3 Å². The molecule has 19 heavy (non-hydrogen) atoms. The molecule has 1 amide bonds. The second-order valence-corrected chi connectivity index (χ2v) is 6.04. The van der Waals surface area contributed by atoms with Gasteiger partial charge in [0.15, 0.2) is 0 Å². The Morgan fingerprint density at radius 3 is 2.68 bits per heavy atom. The standard InChI is InChI=1S/C16H25NO2/c1-12(2)10-16(4,19)11-17-15(18)9-14-7-5-6-13(3)8-14/h5-8,12,19H,9-11H2,1-4H3,(H,17,18). The van der Waals surface area contributed by atoms with Crippen LogP contribution in [0.4, 0.5) is 0 Å². The van der Waals surface area contributed by atoms with Crippen LogP contribution in [0.25, 0.3) is 0 Å². The summed E-state index contributed by atoms with van der Waals surface area (Å²) in [6, 6.07) is 7.91. The number of hydrogen-bond donors (Lipinski definition) is 2. The second kappa shape index (κ2) is 6.71. The number of nitrogens with one attached hydrogen (secondary N) is 1. The van der Waals surface area contributed by atoms with Crippen LogP contribution in [0.3, 0.4) is 0 Å². The second-order valence-electron chi connectivity index (χ2n) is 6.04. The first-order valence-electron chi connectivity index (χ1n) is 6.83. The van der Waals surface area contributed by atoms with Crippen molar-refractivity contribution >= 4 is 5.91 Å². The number of aliphatic hydroxyl groups is 1. The fraction of sp³-hybridized carbons (Fsp3) is 0.562. The Morgan fingerprint density at radius 2 is 2.11 bits per heavy atom. The van der Waals surface area contributed by atoms with E-state index < -0.39 is 5.60 Å². The van der Waals surface area contributed by atoms with Crippen LogP contribution in [0.5, 0.6) is 0 Å². The highest BCUT2D eigenvalue weighted by atomic mass is 16.3. The lowest BCUT2D eigenvalue weighted by molar-refractivity contribution is -0.121. The molecule has 3 heteroatoms. The van der Waals surface area contributed by atoms with E-state index in [9.17, 15) is 9.90 Å². The van der Waals surface area contributed by atoms with Crippen molar-refractivity contribution in [1.82, 2.24) is 5.32 Å². The molecule has 0 aromatic heterocycles. The van der Waals surface area contributed by atoms with Gasteiger partial charge in [-0.05, 0) is 31.7 Å². The van der Waals surface area contributed by atoms with Crippen LogP contribution in [0.2, 0.25) is 0 Å². The minimum Gasteiger partial charge on any atom is -0.388 e. The first-order chi connectivity index (χ1) is 8.78. The Morgan fingerprint density at radius 1 is 1.42 bits per heavy atom. The number of amides is 1. The Bertz CT molecular complexity index is 425. The van der Waals surface area contributed by atoms with Crippen molar-refractivity contribution in [3.63, 3.8) is 0 Å². The van der Waals surface area contributed by atoms with Crippen molar-refractivity contribution in [1.29, 1.82) is 0 Å². The summed E-state index contributed by atoms with van der Waals surface area (Å²) >= 11 is 0. The molecule has 3 nitrogen and oxygen atoms in total. The summed E-state index contributed by atoms with van der Waals surface area (Å²) in [5.41, 5.74) is 1.31. The number of aryl methyl sites for hydroxylation is 1. The van der Waals surface area contributed by atoms with Crippen molar-refractivity contribution in [2.75, 3.05) is 6.54 Å². The Balaban J connectivity index is 2.44. The quantitative estimate of drug-likeness (QED) is 0.828. The molecule has 1 aromatic rings. The minimum atomic E-state index is -0.837. The van der Waals surface area contributed by atoms with Gasteiger partial charge in [-0.3, -0.25) is 4.79 Å². The van der Waals surface area contributed by atoms with E-state index in [1.54, 1.807) is 6.92 Å². The van der Waals surface area contributed by atoms with Gasteiger partial charge in [0.05, 0.1) is 12.0 Å². The zero-order chi connectivity index (χ0) is 14.5. The van der Waals surface area contributed by atoms with Crippen LogP contribution in [0.1, 0.15) is 38.3 Å². The Kier molecular flexibility index (Phi) is 5.55. The third-order valence-corrected chi connectivity index (χ3v) is 2.96. The monoisotopic (exact) mass is 263 g/mol. The average Bonchev–Trinajstić information content (AvgIpc) is 2.25. The first kappa shape index (κ1) is 15.7. The smallest absolute Gasteiger partial charge is 0.224 e. The fourth-order valence-corrected chi connectivity index (χ4v) is 2.31. The van der Waals surface area contributed by atoms with E-state index in [4.69, 9.17) is 0 Å². The number of benzene rings is 1. The zero-order valence-electron chi connectivity index (χ0n) is 12.4. The molecule has 0 aliphatic carbocycles. The molecular weight excluding hydrogens is 238 g/mol. The van der Waals surface area contributed by atoms with Crippen molar-refractivity contribution in [3.05, 3.63) is 35.4 Å². The molecule has 1 aromatic carbocycles. The first-order valence-corrected chi connectivity index (χ1v) is 6.83. The maximum absolute atomic E-state index is 11.8. The number of carbonyl (C=O) groups is 1. The van der Waals surface area contributed by atoms with Gasteiger partial charge in [-0.15, -0.1) is 0 Å². The van der Waals surface area contributed by atoms with Crippen LogP contribution in [0, 0.1) is 12.8 Å². The van der Waals surface area contributed by atoms with E-state index in [0.717, 1.165) is 11.1 Å². The summed E-state index contributed by atoms with van der Waals surface area (Å²) in [6.07, 6.45) is 1.04. The molecule has 1 atom stereocenters. The largest absolute Gasteiger partial charge is 0.388 e. The molecule has 106 valence electrons. The molecule has 1 unspecified atom stereocenters. The van der Waals surface area contributed by atoms with Gasteiger partial charge in [0.2, 0.25) is 5.91 Å². The number of carbonyl (C=O) groups excluding carboxylic acids is 1. The highest BCUT2D eigenvalue weighted by Crippen LogP contribution is 2.15. The van der Waals surface area contributed by atoms with Gasteiger partial charge in [-0.1, -0.05) is 43.7 Å². The molecule has 0 fully saturated rings. The third-order valence-electron chi connectivity index (χ3n) is 2.96. The van der Waals surface area contributed by atoms with E-state index >= 15 is 0 Å². The summed E-state index contributed by atoms with van der Waals surface area (Å²) in [5, 5.41) is 12.9. The van der Waals surface area contributed by atoms with E-state index in [1.165, 1.54) is 0 Å². The van der Waals surface area contributed by atoms with Crippen molar-refractivity contribution < 1.29 is 9.90 Å². The molecule has 0 heterocycles. The van der Waals surface area contributed by atoms with E-state index in [-0.39, 0.29) is 5.91 Å². The normalized spacial score (nSPS) is 14.2. The summed E-state index contributed by atoms with van der Waals surface area (Å²) < 4.78 is 0. The van der Waals surface area contributed by atoms with Gasteiger partial charge in [0.1, 0.15) is 0 Å². The van der Waals surface area contributed by atoms with Gasteiger partial charge in [-0.2, -0.15) is 0 Å². The van der Waals surface area contributed by atoms with Crippen LogP contribution in [-0.4, -0.2) is 23.2 Å².